The average Bonchev–Trinajstić information content (AvgIpc) is 3.21. The zero-order valence-electron chi connectivity index (χ0n) is 17.2. The Hall–Kier alpha value is -2.88. The molecule has 3 nitrogen and oxygen atoms in total. The van der Waals surface area contributed by atoms with Gasteiger partial charge in [-0.05, 0) is 78.1 Å². The standard InChI is InChI=1S/C26H27FO3/c1-17(22-12-13-25(27)24-5-3-2-4-23(22)24)14-18-6-7-20(15-18)19-8-10-21(11-9-19)30-16-26(28)29/h2-5,8-13,17-18,20H,6-7,14-16H2,1H3,(H,28,29)/t17-,18+,20-/m0/s1. The first kappa shape index (κ1) is 20.4. The monoisotopic (exact) mass is 406 g/mol. The number of carboxylic acids is 1. The van der Waals surface area contributed by atoms with Crippen molar-refractivity contribution in [3.05, 3.63) is 77.6 Å². The van der Waals surface area contributed by atoms with E-state index in [4.69, 9.17) is 9.84 Å². The molecule has 0 aromatic heterocycles. The van der Waals surface area contributed by atoms with Crippen LogP contribution in [0, 0.1) is 11.7 Å². The van der Waals surface area contributed by atoms with Crippen molar-refractivity contribution in [3.63, 3.8) is 0 Å². The predicted octanol–water partition coefficient (Wildman–Crippen LogP) is 6.52. The van der Waals surface area contributed by atoms with Crippen LogP contribution in [0.5, 0.6) is 5.75 Å². The zero-order valence-corrected chi connectivity index (χ0v) is 17.2. The minimum Gasteiger partial charge on any atom is -0.482 e. The lowest BCUT2D eigenvalue weighted by molar-refractivity contribution is -0.139. The van der Waals surface area contributed by atoms with Crippen LogP contribution in [0.15, 0.2) is 60.7 Å². The summed E-state index contributed by atoms with van der Waals surface area (Å²) in [4.78, 5) is 10.6. The van der Waals surface area contributed by atoms with E-state index < -0.39 is 5.97 Å². The van der Waals surface area contributed by atoms with Crippen molar-refractivity contribution in [2.45, 2.75) is 44.4 Å². The maximum absolute atomic E-state index is 14.2. The van der Waals surface area contributed by atoms with E-state index in [0.29, 0.717) is 28.9 Å². The molecule has 0 heterocycles. The van der Waals surface area contributed by atoms with Crippen LogP contribution in [0.1, 0.15) is 55.6 Å². The van der Waals surface area contributed by atoms with Crippen LogP contribution in [0.2, 0.25) is 0 Å². The van der Waals surface area contributed by atoms with Crippen LogP contribution in [-0.2, 0) is 4.79 Å². The number of rotatable bonds is 7. The van der Waals surface area contributed by atoms with Gasteiger partial charge in [0.15, 0.2) is 6.61 Å². The van der Waals surface area contributed by atoms with E-state index in [0.717, 1.165) is 24.6 Å². The van der Waals surface area contributed by atoms with E-state index in [1.165, 1.54) is 17.5 Å². The summed E-state index contributed by atoms with van der Waals surface area (Å²) in [5.41, 5.74) is 2.52. The normalized spacial score (nSPS) is 19.7. The summed E-state index contributed by atoms with van der Waals surface area (Å²) in [5, 5.41) is 10.4. The smallest absolute Gasteiger partial charge is 0.341 e. The molecule has 1 aliphatic carbocycles. The number of carboxylic acid groups (broad SMARTS) is 1. The molecule has 0 unspecified atom stereocenters. The summed E-state index contributed by atoms with van der Waals surface area (Å²) in [5.74, 6) is 1.02. The number of halogens is 1. The van der Waals surface area contributed by atoms with Crippen molar-refractivity contribution < 1.29 is 19.0 Å². The van der Waals surface area contributed by atoms with Gasteiger partial charge in [0.05, 0.1) is 0 Å². The molecule has 0 saturated heterocycles. The Morgan fingerprint density at radius 1 is 1.07 bits per heavy atom. The van der Waals surface area contributed by atoms with Gasteiger partial charge in [0.25, 0.3) is 0 Å². The molecule has 1 fully saturated rings. The Labute approximate surface area is 176 Å². The molecule has 3 aromatic rings. The molecule has 0 spiro atoms. The molecule has 4 rings (SSSR count). The van der Waals surface area contributed by atoms with Gasteiger partial charge in [0.1, 0.15) is 11.6 Å². The Bertz CT molecular complexity index is 1030. The molecule has 0 aliphatic heterocycles. The van der Waals surface area contributed by atoms with Crippen LogP contribution < -0.4 is 4.74 Å². The van der Waals surface area contributed by atoms with Gasteiger partial charge in [-0.3, -0.25) is 0 Å². The molecule has 3 aromatic carbocycles. The van der Waals surface area contributed by atoms with Gasteiger partial charge in [0, 0.05) is 5.39 Å². The highest BCUT2D eigenvalue weighted by Gasteiger charge is 2.27. The molecule has 3 atom stereocenters. The van der Waals surface area contributed by atoms with Crippen LogP contribution in [-0.4, -0.2) is 17.7 Å². The lowest BCUT2D eigenvalue weighted by atomic mass is 9.86. The maximum Gasteiger partial charge on any atom is 0.341 e. The van der Waals surface area contributed by atoms with Gasteiger partial charge in [0.2, 0.25) is 0 Å². The molecule has 1 N–H and O–H groups in total. The Morgan fingerprint density at radius 3 is 2.53 bits per heavy atom. The van der Waals surface area contributed by atoms with Crippen LogP contribution in [0.4, 0.5) is 4.39 Å². The molecule has 4 heteroatoms. The fraction of sp³-hybridized carbons (Fsp3) is 0.346. The Kier molecular flexibility index (Phi) is 6.03. The summed E-state index contributed by atoms with van der Waals surface area (Å²) in [6, 6.07) is 19.1. The fourth-order valence-corrected chi connectivity index (χ4v) is 4.92. The molecule has 0 radical (unpaired) electrons. The number of fused-ring (bicyclic) bond motifs is 1. The Morgan fingerprint density at radius 2 is 1.80 bits per heavy atom. The lowest BCUT2D eigenvalue weighted by Crippen LogP contribution is -2.09. The van der Waals surface area contributed by atoms with E-state index in [1.807, 2.05) is 42.5 Å². The van der Waals surface area contributed by atoms with Crippen molar-refractivity contribution in [2.75, 3.05) is 6.61 Å². The molecular formula is C26H27FO3. The number of carbonyl (C=O) groups is 1. The first-order chi connectivity index (χ1) is 14.5. The van der Waals surface area contributed by atoms with E-state index >= 15 is 0 Å². The van der Waals surface area contributed by atoms with Crippen molar-refractivity contribution in [2.24, 2.45) is 5.92 Å². The minimum absolute atomic E-state index is 0.154. The number of hydrogen-bond acceptors (Lipinski definition) is 2. The molecule has 0 amide bonds. The number of hydrogen-bond donors (Lipinski definition) is 1. The van der Waals surface area contributed by atoms with Crippen molar-refractivity contribution in [1.82, 2.24) is 0 Å². The SMILES string of the molecule is C[C@@H](C[C@H]1CC[C@H](c2ccc(OCC(=O)O)cc2)C1)c1ccc(F)c2ccccc12. The highest BCUT2D eigenvalue weighted by Crippen LogP contribution is 2.43. The van der Waals surface area contributed by atoms with Gasteiger partial charge in [-0.2, -0.15) is 0 Å². The summed E-state index contributed by atoms with van der Waals surface area (Å²) in [7, 11) is 0. The van der Waals surface area contributed by atoms with Crippen molar-refractivity contribution in [1.29, 1.82) is 0 Å². The lowest BCUT2D eigenvalue weighted by Gasteiger charge is -2.19. The summed E-state index contributed by atoms with van der Waals surface area (Å²) < 4.78 is 19.4. The minimum atomic E-state index is -0.972. The summed E-state index contributed by atoms with van der Waals surface area (Å²) >= 11 is 0. The summed E-state index contributed by atoms with van der Waals surface area (Å²) in [6.45, 7) is 1.93. The molecule has 30 heavy (non-hydrogen) atoms. The predicted molar refractivity (Wildman–Crippen MR) is 117 cm³/mol. The third-order valence-electron chi connectivity index (χ3n) is 6.38. The number of ether oxygens (including phenoxy) is 1. The Balaban J connectivity index is 1.39. The second-order valence-corrected chi connectivity index (χ2v) is 8.45. The van der Waals surface area contributed by atoms with Crippen LogP contribution in [0.3, 0.4) is 0 Å². The highest BCUT2D eigenvalue weighted by molar-refractivity contribution is 5.86. The van der Waals surface area contributed by atoms with Crippen LogP contribution >= 0.6 is 0 Å². The second kappa shape index (κ2) is 8.86. The third kappa shape index (κ3) is 4.48. The quantitative estimate of drug-likeness (QED) is 0.486. The van der Waals surface area contributed by atoms with Crippen LogP contribution in [0.25, 0.3) is 10.8 Å². The topological polar surface area (TPSA) is 46.5 Å². The summed E-state index contributed by atoms with van der Waals surface area (Å²) in [6.07, 6.45) is 4.62. The average molecular weight is 406 g/mol. The largest absolute Gasteiger partial charge is 0.482 e. The van der Waals surface area contributed by atoms with Gasteiger partial charge in [-0.15, -0.1) is 0 Å². The van der Waals surface area contributed by atoms with Gasteiger partial charge >= 0.3 is 5.97 Å². The van der Waals surface area contributed by atoms with E-state index in [9.17, 15) is 9.18 Å². The maximum atomic E-state index is 14.2. The van der Waals surface area contributed by atoms with Gasteiger partial charge in [-0.1, -0.05) is 49.4 Å². The molecule has 0 bridgehead atoms. The third-order valence-corrected chi connectivity index (χ3v) is 6.38. The van der Waals surface area contributed by atoms with E-state index in [2.05, 4.69) is 19.1 Å². The van der Waals surface area contributed by atoms with Gasteiger partial charge < -0.3 is 9.84 Å². The molecule has 156 valence electrons. The molecular weight excluding hydrogens is 379 g/mol. The number of aliphatic carboxylic acids is 1. The first-order valence-corrected chi connectivity index (χ1v) is 10.6. The highest BCUT2D eigenvalue weighted by atomic mass is 19.1. The molecule has 1 saturated carbocycles. The van der Waals surface area contributed by atoms with Crippen molar-refractivity contribution in [3.8, 4) is 5.75 Å². The zero-order chi connectivity index (χ0) is 21.1. The fourth-order valence-electron chi connectivity index (χ4n) is 4.92. The van der Waals surface area contributed by atoms with Crippen molar-refractivity contribution >= 4 is 16.7 Å². The second-order valence-electron chi connectivity index (χ2n) is 8.45. The first-order valence-electron chi connectivity index (χ1n) is 10.6. The molecule has 1 aliphatic rings. The van der Waals surface area contributed by atoms with E-state index in [1.54, 1.807) is 6.07 Å². The van der Waals surface area contributed by atoms with E-state index in [-0.39, 0.29) is 12.4 Å². The number of benzene rings is 3. The van der Waals surface area contributed by atoms with Gasteiger partial charge in [-0.25, -0.2) is 9.18 Å².